The molecule has 0 bridgehead atoms. The van der Waals surface area contributed by atoms with Gasteiger partial charge in [-0.05, 0) is 11.6 Å². The number of aliphatic carboxylic acids is 1. The highest BCUT2D eigenvalue weighted by Gasteiger charge is 2.21. The summed E-state index contributed by atoms with van der Waals surface area (Å²) in [6.07, 6.45) is -0.0342. The van der Waals surface area contributed by atoms with Gasteiger partial charge in [-0.2, -0.15) is 0 Å². The van der Waals surface area contributed by atoms with E-state index < -0.39 is 17.9 Å². The zero-order valence-corrected chi connectivity index (χ0v) is 10.6. The van der Waals surface area contributed by atoms with Crippen molar-refractivity contribution in [3.05, 3.63) is 35.4 Å². The van der Waals surface area contributed by atoms with Crippen LogP contribution in [0.4, 0.5) is 0 Å². The molecule has 0 saturated heterocycles. The maximum Gasteiger partial charge on any atom is 0.326 e. The van der Waals surface area contributed by atoms with E-state index in [1.54, 1.807) is 24.3 Å². The molecule has 0 aliphatic carbocycles. The van der Waals surface area contributed by atoms with Gasteiger partial charge in [0.1, 0.15) is 6.04 Å². The molecular weight excluding hydrogens is 250 g/mol. The van der Waals surface area contributed by atoms with E-state index in [-0.39, 0.29) is 19.6 Å². The molecule has 0 radical (unpaired) electrons. The molecule has 1 aromatic rings. The first kappa shape index (κ1) is 15.1. The van der Waals surface area contributed by atoms with Gasteiger partial charge in [-0.15, -0.1) is 0 Å². The fourth-order valence-corrected chi connectivity index (χ4v) is 1.65. The normalized spacial score (nSPS) is 11.9. The predicted molar refractivity (Wildman–Crippen MR) is 67.7 cm³/mol. The SMILES string of the molecule is COCc1ccccc1C(=O)NC(CCO)C(=O)O. The summed E-state index contributed by atoms with van der Waals surface area (Å²) in [5, 5.41) is 20.1. The minimum absolute atomic E-state index is 0.0342. The molecule has 0 spiro atoms. The summed E-state index contributed by atoms with van der Waals surface area (Å²) in [6, 6.07) is 5.69. The van der Waals surface area contributed by atoms with Crippen molar-refractivity contribution in [2.24, 2.45) is 0 Å². The van der Waals surface area contributed by atoms with Crippen molar-refractivity contribution in [2.45, 2.75) is 19.1 Å². The Balaban J connectivity index is 2.84. The first-order chi connectivity index (χ1) is 9.10. The molecular formula is C13H17NO5. The number of benzene rings is 1. The van der Waals surface area contributed by atoms with E-state index in [0.717, 1.165) is 0 Å². The molecule has 0 saturated carbocycles. The Morgan fingerprint density at radius 1 is 1.37 bits per heavy atom. The number of methoxy groups -OCH3 is 1. The van der Waals surface area contributed by atoms with Gasteiger partial charge in [-0.3, -0.25) is 4.79 Å². The molecule has 1 aromatic carbocycles. The summed E-state index contributed by atoms with van der Waals surface area (Å²) >= 11 is 0. The van der Waals surface area contributed by atoms with E-state index in [0.29, 0.717) is 11.1 Å². The number of aliphatic hydroxyl groups is 1. The summed E-state index contributed by atoms with van der Waals surface area (Å²) in [7, 11) is 1.51. The van der Waals surface area contributed by atoms with E-state index in [2.05, 4.69) is 5.32 Å². The van der Waals surface area contributed by atoms with Crippen molar-refractivity contribution < 1.29 is 24.5 Å². The van der Waals surface area contributed by atoms with E-state index in [1.165, 1.54) is 7.11 Å². The van der Waals surface area contributed by atoms with Gasteiger partial charge in [0.2, 0.25) is 0 Å². The zero-order valence-electron chi connectivity index (χ0n) is 10.6. The second-order valence-electron chi connectivity index (χ2n) is 3.97. The average Bonchev–Trinajstić information content (AvgIpc) is 2.39. The number of aliphatic hydroxyl groups excluding tert-OH is 1. The van der Waals surface area contributed by atoms with Gasteiger partial charge in [0, 0.05) is 25.7 Å². The second-order valence-corrected chi connectivity index (χ2v) is 3.97. The van der Waals surface area contributed by atoms with Crippen LogP contribution in [0.3, 0.4) is 0 Å². The number of ether oxygens (including phenoxy) is 1. The highest BCUT2D eigenvalue weighted by molar-refractivity contribution is 5.97. The standard InChI is InChI=1S/C13H17NO5/c1-19-8-9-4-2-3-5-10(9)12(16)14-11(6-7-15)13(17)18/h2-5,11,15H,6-8H2,1H3,(H,14,16)(H,17,18). The molecule has 0 aliphatic rings. The number of carboxylic acids is 1. The number of nitrogens with one attached hydrogen (secondary N) is 1. The van der Waals surface area contributed by atoms with E-state index in [9.17, 15) is 9.59 Å². The van der Waals surface area contributed by atoms with Gasteiger partial charge in [-0.1, -0.05) is 18.2 Å². The quantitative estimate of drug-likeness (QED) is 0.664. The van der Waals surface area contributed by atoms with Crippen molar-refractivity contribution in [2.75, 3.05) is 13.7 Å². The van der Waals surface area contributed by atoms with Crippen LogP contribution in [0.25, 0.3) is 0 Å². The average molecular weight is 267 g/mol. The Bertz CT molecular complexity index is 446. The minimum Gasteiger partial charge on any atom is -0.480 e. The summed E-state index contributed by atoms with van der Waals surface area (Å²) in [5.74, 6) is -1.67. The van der Waals surface area contributed by atoms with Crippen LogP contribution in [0.5, 0.6) is 0 Å². The van der Waals surface area contributed by atoms with Crippen LogP contribution >= 0.6 is 0 Å². The first-order valence-corrected chi connectivity index (χ1v) is 5.81. The number of carbonyl (C=O) groups is 2. The minimum atomic E-state index is -1.17. The number of carboxylic acid groups (broad SMARTS) is 1. The van der Waals surface area contributed by atoms with Crippen LogP contribution in [0.2, 0.25) is 0 Å². The second kappa shape index (κ2) is 7.50. The van der Waals surface area contributed by atoms with Crippen LogP contribution in [-0.4, -0.2) is 41.8 Å². The molecule has 0 fully saturated rings. The monoisotopic (exact) mass is 267 g/mol. The lowest BCUT2D eigenvalue weighted by Crippen LogP contribution is -2.41. The number of carbonyl (C=O) groups excluding carboxylic acids is 1. The highest BCUT2D eigenvalue weighted by Crippen LogP contribution is 2.10. The fraction of sp³-hybridized carbons (Fsp3) is 0.385. The summed E-state index contributed by atoms with van der Waals surface area (Å²) < 4.78 is 4.98. The lowest BCUT2D eigenvalue weighted by atomic mass is 10.1. The highest BCUT2D eigenvalue weighted by atomic mass is 16.5. The van der Waals surface area contributed by atoms with Crippen molar-refractivity contribution in [1.82, 2.24) is 5.32 Å². The summed E-state index contributed by atoms with van der Waals surface area (Å²) in [4.78, 5) is 22.9. The predicted octanol–water partition coefficient (Wildman–Crippen LogP) is 0.398. The van der Waals surface area contributed by atoms with Gasteiger partial charge in [-0.25, -0.2) is 4.79 Å². The molecule has 6 heteroatoms. The Labute approximate surface area is 111 Å². The van der Waals surface area contributed by atoms with Crippen molar-refractivity contribution in [1.29, 1.82) is 0 Å². The third-order valence-corrected chi connectivity index (χ3v) is 2.58. The Kier molecular flexibility index (Phi) is 5.98. The first-order valence-electron chi connectivity index (χ1n) is 5.81. The Hall–Kier alpha value is -1.92. The van der Waals surface area contributed by atoms with Gasteiger partial charge in [0.05, 0.1) is 6.61 Å². The third-order valence-electron chi connectivity index (χ3n) is 2.58. The molecule has 1 atom stereocenters. The summed E-state index contributed by atoms with van der Waals surface area (Å²) in [6.45, 7) is -0.0434. The number of hydrogen-bond acceptors (Lipinski definition) is 4. The van der Waals surface area contributed by atoms with Crippen LogP contribution in [-0.2, 0) is 16.1 Å². The van der Waals surface area contributed by atoms with Gasteiger partial charge < -0.3 is 20.3 Å². The zero-order chi connectivity index (χ0) is 14.3. The van der Waals surface area contributed by atoms with E-state index in [1.807, 2.05) is 0 Å². The van der Waals surface area contributed by atoms with Gasteiger partial charge >= 0.3 is 5.97 Å². The largest absolute Gasteiger partial charge is 0.480 e. The Morgan fingerprint density at radius 3 is 2.63 bits per heavy atom. The maximum atomic E-state index is 12.0. The Morgan fingerprint density at radius 2 is 2.05 bits per heavy atom. The molecule has 104 valence electrons. The van der Waals surface area contributed by atoms with Crippen molar-refractivity contribution in [3.63, 3.8) is 0 Å². The molecule has 1 amide bonds. The van der Waals surface area contributed by atoms with Crippen LogP contribution in [0.1, 0.15) is 22.3 Å². The van der Waals surface area contributed by atoms with Crippen LogP contribution < -0.4 is 5.32 Å². The van der Waals surface area contributed by atoms with E-state index >= 15 is 0 Å². The van der Waals surface area contributed by atoms with Gasteiger partial charge in [0.15, 0.2) is 0 Å². The lowest BCUT2D eigenvalue weighted by Gasteiger charge is -2.15. The lowest BCUT2D eigenvalue weighted by molar-refractivity contribution is -0.139. The number of amides is 1. The molecule has 19 heavy (non-hydrogen) atoms. The number of hydrogen-bond donors (Lipinski definition) is 3. The number of rotatable bonds is 7. The molecule has 6 nitrogen and oxygen atoms in total. The molecule has 1 unspecified atom stereocenters. The summed E-state index contributed by atoms with van der Waals surface area (Å²) in [5.41, 5.74) is 1.05. The molecule has 0 heterocycles. The van der Waals surface area contributed by atoms with Gasteiger partial charge in [0.25, 0.3) is 5.91 Å². The van der Waals surface area contributed by atoms with Crippen LogP contribution in [0, 0.1) is 0 Å². The molecule has 0 aromatic heterocycles. The third kappa shape index (κ3) is 4.35. The maximum absolute atomic E-state index is 12.0. The van der Waals surface area contributed by atoms with Crippen molar-refractivity contribution in [3.8, 4) is 0 Å². The molecule has 1 rings (SSSR count). The smallest absolute Gasteiger partial charge is 0.326 e. The fourth-order valence-electron chi connectivity index (χ4n) is 1.65. The van der Waals surface area contributed by atoms with Crippen LogP contribution in [0.15, 0.2) is 24.3 Å². The van der Waals surface area contributed by atoms with Crippen molar-refractivity contribution >= 4 is 11.9 Å². The topological polar surface area (TPSA) is 95.9 Å². The molecule has 0 aliphatic heterocycles. The molecule has 3 N–H and O–H groups in total. The van der Waals surface area contributed by atoms with E-state index in [4.69, 9.17) is 14.9 Å².